The average molecular weight is 224 g/mol. The molecule has 5 heteroatoms. The average Bonchev–Trinajstić information content (AvgIpc) is 2.17. The van der Waals surface area contributed by atoms with E-state index >= 15 is 0 Å². The van der Waals surface area contributed by atoms with Crippen LogP contribution in [0.3, 0.4) is 0 Å². The van der Waals surface area contributed by atoms with Gasteiger partial charge in [-0.2, -0.15) is 0 Å². The summed E-state index contributed by atoms with van der Waals surface area (Å²) in [5.41, 5.74) is 0.426. The van der Waals surface area contributed by atoms with Crippen molar-refractivity contribution in [3.63, 3.8) is 0 Å². The van der Waals surface area contributed by atoms with Crippen LogP contribution in [0.25, 0.3) is 0 Å². The molecule has 0 amide bonds. The summed E-state index contributed by atoms with van der Waals surface area (Å²) in [6, 6.07) is 6.40. The zero-order valence-corrected chi connectivity index (χ0v) is 9.14. The molecule has 80 valence electrons. The van der Waals surface area contributed by atoms with Gasteiger partial charge in [0.2, 0.25) is 10.0 Å². The zero-order valence-electron chi connectivity index (χ0n) is 8.32. The molecule has 0 atom stereocenters. The van der Waals surface area contributed by atoms with Gasteiger partial charge in [-0.25, -0.2) is 13.6 Å². The number of benzene rings is 1. The minimum Gasteiger partial charge on any atom is -0.309 e. The van der Waals surface area contributed by atoms with E-state index in [9.17, 15) is 8.42 Å². The molecule has 0 saturated carbocycles. The largest absolute Gasteiger partial charge is 0.309 e. The molecule has 1 aromatic carbocycles. The first-order valence-electron chi connectivity index (χ1n) is 4.31. The van der Waals surface area contributed by atoms with Gasteiger partial charge in [-0.05, 0) is 19.2 Å². The third-order valence-electron chi connectivity index (χ3n) is 1.68. The molecule has 0 aromatic heterocycles. The Hall–Kier alpha value is -1.35. The second-order valence-corrected chi connectivity index (χ2v) is 4.40. The Kier molecular flexibility index (Phi) is 3.86. The quantitative estimate of drug-likeness (QED) is 0.689. The van der Waals surface area contributed by atoms with Crippen molar-refractivity contribution in [2.45, 2.75) is 4.90 Å². The van der Waals surface area contributed by atoms with Crippen molar-refractivity contribution < 1.29 is 8.42 Å². The van der Waals surface area contributed by atoms with Gasteiger partial charge in [0.15, 0.2) is 0 Å². The Labute approximate surface area is 89.5 Å². The first-order valence-corrected chi connectivity index (χ1v) is 5.85. The smallest absolute Gasteiger partial charge is 0.239 e. The number of nitrogens with one attached hydrogen (secondary N) is 1. The van der Waals surface area contributed by atoms with E-state index in [0.29, 0.717) is 12.1 Å². The van der Waals surface area contributed by atoms with Crippen LogP contribution < -0.4 is 10.5 Å². The number of nitrogens with two attached hydrogens (primary N) is 1. The topological polar surface area (TPSA) is 72.2 Å². The van der Waals surface area contributed by atoms with Crippen molar-refractivity contribution in [2.75, 3.05) is 13.6 Å². The number of hydrogen-bond donors (Lipinski definition) is 2. The molecule has 0 bridgehead atoms. The van der Waals surface area contributed by atoms with Gasteiger partial charge in [0.1, 0.15) is 0 Å². The minimum absolute atomic E-state index is 0.0635. The van der Waals surface area contributed by atoms with E-state index in [-0.39, 0.29) is 4.90 Å². The van der Waals surface area contributed by atoms with Crippen LogP contribution in [0.2, 0.25) is 0 Å². The maximum absolute atomic E-state index is 11.2. The summed E-state index contributed by atoms with van der Waals surface area (Å²) >= 11 is 0. The van der Waals surface area contributed by atoms with Gasteiger partial charge in [-0.3, -0.25) is 0 Å². The van der Waals surface area contributed by atoms with Gasteiger partial charge < -0.3 is 5.32 Å². The fourth-order valence-corrected chi connectivity index (χ4v) is 1.74. The standard InChI is InChI=1S/C10H12N2O2S/c1-12-8-4-6-9-5-2-3-7-10(9)15(11,13)14/h2-3,5,7,12H,8H2,1H3,(H2,11,13,14). The molecular weight excluding hydrogens is 212 g/mol. The van der Waals surface area contributed by atoms with Gasteiger partial charge in [-0.15, -0.1) is 0 Å². The molecule has 0 spiro atoms. The molecule has 0 aliphatic rings. The molecule has 4 nitrogen and oxygen atoms in total. The molecule has 0 saturated heterocycles. The molecule has 0 aliphatic carbocycles. The lowest BCUT2D eigenvalue weighted by Gasteiger charge is -2.00. The molecule has 0 heterocycles. The second-order valence-electron chi connectivity index (χ2n) is 2.87. The van der Waals surface area contributed by atoms with Crippen LogP contribution in [0.15, 0.2) is 29.2 Å². The highest BCUT2D eigenvalue weighted by atomic mass is 32.2. The Morgan fingerprint density at radius 2 is 2.07 bits per heavy atom. The van der Waals surface area contributed by atoms with Crippen LogP contribution in [0.1, 0.15) is 5.56 Å². The highest BCUT2D eigenvalue weighted by Crippen LogP contribution is 2.11. The van der Waals surface area contributed by atoms with Crippen LogP contribution in [0.4, 0.5) is 0 Å². The first-order chi connectivity index (χ1) is 7.05. The van der Waals surface area contributed by atoms with E-state index in [1.807, 2.05) is 0 Å². The van der Waals surface area contributed by atoms with E-state index in [0.717, 1.165) is 0 Å². The number of rotatable bonds is 2. The molecule has 15 heavy (non-hydrogen) atoms. The van der Waals surface area contributed by atoms with E-state index < -0.39 is 10.0 Å². The van der Waals surface area contributed by atoms with Crippen molar-refractivity contribution in [2.24, 2.45) is 5.14 Å². The SMILES string of the molecule is CNCC#Cc1ccccc1S(N)(=O)=O. The Morgan fingerprint density at radius 3 is 2.67 bits per heavy atom. The summed E-state index contributed by atoms with van der Waals surface area (Å²) in [5, 5.41) is 7.89. The summed E-state index contributed by atoms with van der Waals surface area (Å²) < 4.78 is 22.4. The fourth-order valence-electron chi connectivity index (χ4n) is 1.05. The highest BCUT2D eigenvalue weighted by molar-refractivity contribution is 7.89. The van der Waals surface area contributed by atoms with Gasteiger partial charge in [0.25, 0.3) is 0 Å². The van der Waals surface area contributed by atoms with E-state index in [2.05, 4.69) is 17.2 Å². The summed E-state index contributed by atoms with van der Waals surface area (Å²) in [6.07, 6.45) is 0. The van der Waals surface area contributed by atoms with Crippen molar-refractivity contribution in [1.29, 1.82) is 0 Å². The van der Waals surface area contributed by atoms with Crippen LogP contribution in [-0.4, -0.2) is 22.0 Å². The third kappa shape index (κ3) is 3.36. The minimum atomic E-state index is -3.69. The van der Waals surface area contributed by atoms with Gasteiger partial charge in [-0.1, -0.05) is 24.0 Å². The van der Waals surface area contributed by atoms with Crippen LogP contribution >= 0.6 is 0 Å². The molecular formula is C10H12N2O2S. The third-order valence-corrected chi connectivity index (χ3v) is 2.65. The lowest BCUT2D eigenvalue weighted by atomic mass is 10.2. The van der Waals surface area contributed by atoms with Crippen molar-refractivity contribution >= 4 is 10.0 Å². The van der Waals surface area contributed by atoms with Crippen LogP contribution in [0, 0.1) is 11.8 Å². The van der Waals surface area contributed by atoms with Gasteiger partial charge in [0.05, 0.1) is 11.4 Å². The molecule has 0 aliphatic heterocycles. The van der Waals surface area contributed by atoms with Crippen molar-refractivity contribution in [3.8, 4) is 11.8 Å². The predicted molar refractivity (Wildman–Crippen MR) is 58.6 cm³/mol. The summed E-state index contributed by atoms with van der Waals surface area (Å²) in [4.78, 5) is 0.0635. The van der Waals surface area contributed by atoms with Crippen LogP contribution in [0.5, 0.6) is 0 Å². The lowest BCUT2D eigenvalue weighted by Crippen LogP contribution is -2.13. The van der Waals surface area contributed by atoms with E-state index in [1.54, 1.807) is 25.2 Å². The van der Waals surface area contributed by atoms with Crippen molar-refractivity contribution in [1.82, 2.24) is 5.32 Å². The van der Waals surface area contributed by atoms with E-state index in [1.165, 1.54) is 6.07 Å². The summed E-state index contributed by atoms with van der Waals surface area (Å²) in [6.45, 7) is 0.499. The lowest BCUT2D eigenvalue weighted by molar-refractivity contribution is 0.597. The number of sulfonamides is 1. The predicted octanol–water partition coefficient (Wildman–Crippen LogP) is -0.0951. The highest BCUT2D eigenvalue weighted by Gasteiger charge is 2.10. The van der Waals surface area contributed by atoms with E-state index in [4.69, 9.17) is 5.14 Å². The molecule has 1 aromatic rings. The Bertz CT molecular complexity index is 498. The molecule has 0 unspecified atom stereocenters. The Balaban J connectivity index is 3.15. The first kappa shape index (κ1) is 11.7. The normalized spacial score (nSPS) is 10.5. The van der Waals surface area contributed by atoms with Crippen molar-refractivity contribution in [3.05, 3.63) is 29.8 Å². The summed E-state index contributed by atoms with van der Waals surface area (Å²) in [7, 11) is -1.93. The summed E-state index contributed by atoms with van der Waals surface area (Å²) in [5.74, 6) is 5.53. The fraction of sp³-hybridized carbons (Fsp3) is 0.200. The van der Waals surface area contributed by atoms with Gasteiger partial charge >= 0.3 is 0 Å². The molecule has 1 rings (SSSR count). The Morgan fingerprint density at radius 1 is 1.40 bits per heavy atom. The second kappa shape index (κ2) is 4.94. The maximum atomic E-state index is 11.2. The molecule has 0 radical (unpaired) electrons. The zero-order chi connectivity index (χ0) is 11.3. The number of hydrogen-bond acceptors (Lipinski definition) is 3. The molecule has 3 N–H and O–H groups in total. The molecule has 0 fully saturated rings. The number of primary sulfonamides is 1. The van der Waals surface area contributed by atoms with Crippen LogP contribution in [-0.2, 0) is 10.0 Å². The monoisotopic (exact) mass is 224 g/mol. The maximum Gasteiger partial charge on any atom is 0.239 e. The van der Waals surface area contributed by atoms with Gasteiger partial charge in [0, 0.05) is 5.56 Å².